The zero-order valence-corrected chi connectivity index (χ0v) is 15.7. The second-order valence-corrected chi connectivity index (χ2v) is 8.46. The molecule has 0 bridgehead atoms. The van der Waals surface area contributed by atoms with Gasteiger partial charge in [-0.2, -0.15) is 0 Å². The van der Waals surface area contributed by atoms with E-state index in [0.29, 0.717) is 0 Å². The molecular weight excluding hydrogens is 272 g/mol. The molecule has 4 atom stereocenters. The molecule has 1 aliphatic heterocycles. The van der Waals surface area contributed by atoms with Gasteiger partial charge in [-0.1, -0.05) is 79.1 Å². The van der Waals surface area contributed by atoms with Gasteiger partial charge in [0, 0.05) is 0 Å². The van der Waals surface area contributed by atoms with Crippen LogP contribution in [0.1, 0.15) is 92.4 Å². The van der Waals surface area contributed by atoms with Crippen molar-refractivity contribution < 1.29 is 9.84 Å². The van der Waals surface area contributed by atoms with E-state index < -0.39 is 0 Å². The van der Waals surface area contributed by atoms with E-state index in [0.717, 1.165) is 24.2 Å². The molecule has 0 spiro atoms. The van der Waals surface area contributed by atoms with Crippen molar-refractivity contribution in [1.29, 1.82) is 0 Å². The van der Waals surface area contributed by atoms with Crippen LogP contribution in [0.25, 0.3) is 0 Å². The Bertz CT molecular complexity index is 289. The molecule has 0 radical (unpaired) electrons. The van der Waals surface area contributed by atoms with Crippen LogP contribution in [-0.2, 0) is 4.74 Å². The van der Waals surface area contributed by atoms with Crippen LogP contribution in [0.4, 0.5) is 0 Å². The van der Waals surface area contributed by atoms with Gasteiger partial charge in [-0.25, -0.2) is 0 Å². The third kappa shape index (κ3) is 7.97. The van der Waals surface area contributed by atoms with Gasteiger partial charge < -0.3 is 9.84 Å². The Balaban J connectivity index is 1.96. The third-order valence-corrected chi connectivity index (χ3v) is 5.44. The van der Waals surface area contributed by atoms with Crippen LogP contribution < -0.4 is 0 Å². The van der Waals surface area contributed by atoms with Crippen molar-refractivity contribution in [2.24, 2.45) is 17.8 Å². The van der Waals surface area contributed by atoms with E-state index in [9.17, 15) is 0 Å². The van der Waals surface area contributed by atoms with E-state index in [2.05, 4.69) is 34.6 Å². The molecule has 0 aliphatic carbocycles. The maximum absolute atomic E-state index is 9.09. The second kappa shape index (κ2) is 9.93. The van der Waals surface area contributed by atoms with Gasteiger partial charge in [0.2, 0.25) is 0 Å². The van der Waals surface area contributed by atoms with Gasteiger partial charge in [-0.05, 0) is 31.1 Å². The Kier molecular flexibility index (Phi) is 9.01. The van der Waals surface area contributed by atoms with Crippen molar-refractivity contribution in [2.75, 3.05) is 6.61 Å². The zero-order valence-electron chi connectivity index (χ0n) is 15.7. The molecule has 0 saturated carbocycles. The highest BCUT2D eigenvalue weighted by Crippen LogP contribution is 2.40. The molecule has 2 nitrogen and oxygen atoms in total. The molecule has 22 heavy (non-hydrogen) atoms. The highest BCUT2D eigenvalue weighted by atomic mass is 16.6. The number of hydrogen-bond donors (Lipinski definition) is 1. The lowest BCUT2D eigenvalue weighted by molar-refractivity contribution is 0.234. The largest absolute Gasteiger partial charge is 0.394 e. The van der Waals surface area contributed by atoms with Gasteiger partial charge in [0.05, 0.1) is 12.2 Å². The maximum Gasteiger partial charge on any atom is 0.110 e. The normalized spacial score (nSPS) is 27.1. The Morgan fingerprint density at radius 1 is 0.864 bits per heavy atom. The van der Waals surface area contributed by atoms with E-state index in [1.54, 1.807) is 0 Å². The monoisotopic (exact) mass is 312 g/mol. The fraction of sp³-hybridized carbons (Fsp3) is 1.00. The van der Waals surface area contributed by atoms with E-state index in [4.69, 9.17) is 9.84 Å². The summed E-state index contributed by atoms with van der Waals surface area (Å²) in [4.78, 5) is 0. The van der Waals surface area contributed by atoms with Gasteiger partial charge >= 0.3 is 0 Å². The van der Waals surface area contributed by atoms with Crippen LogP contribution in [0.3, 0.4) is 0 Å². The van der Waals surface area contributed by atoms with Gasteiger partial charge in [-0.3, -0.25) is 0 Å². The Labute approximate surface area is 139 Å². The Hall–Kier alpha value is -0.0800. The predicted molar refractivity (Wildman–Crippen MR) is 95.1 cm³/mol. The van der Waals surface area contributed by atoms with Gasteiger partial charge in [0.1, 0.15) is 6.10 Å². The van der Waals surface area contributed by atoms with Crippen LogP contribution in [0, 0.1) is 17.8 Å². The number of hydrogen-bond acceptors (Lipinski definition) is 2. The lowest BCUT2D eigenvalue weighted by atomic mass is 9.90. The first-order valence-corrected chi connectivity index (χ1v) is 9.66. The average Bonchev–Trinajstić information content (AvgIpc) is 3.09. The van der Waals surface area contributed by atoms with Crippen molar-refractivity contribution >= 4 is 0 Å². The highest BCUT2D eigenvalue weighted by Gasteiger charge is 2.50. The van der Waals surface area contributed by atoms with Crippen molar-refractivity contribution in [3.05, 3.63) is 0 Å². The molecule has 1 saturated heterocycles. The minimum absolute atomic E-state index is 0.0145. The summed E-state index contributed by atoms with van der Waals surface area (Å²) in [5, 5.41) is 9.09. The molecule has 0 aromatic heterocycles. The summed E-state index contributed by atoms with van der Waals surface area (Å²) in [6, 6.07) is 0. The fourth-order valence-corrected chi connectivity index (χ4v) is 3.52. The molecular formula is C20H40O2. The number of epoxide rings is 1. The summed E-state index contributed by atoms with van der Waals surface area (Å²) < 4.78 is 5.55. The van der Waals surface area contributed by atoms with Crippen LogP contribution in [0.5, 0.6) is 0 Å². The van der Waals surface area contributed by atoms with E-state index in [1.807, 2.05) is 0 Å². The van der Waals surface area contributed by atoms with Crippen LogP contribution in [0.15, 0.2) is 0 Å². The number of aliphatic hydroxyl groups is 1. The predicted octanol–water partition coefficient (Wildman–Crippen LogP) is 5.58. The summed E-state index contributed by atoms with van der Waals surface area (Å²) in [6.07, 6.45) is 12.1. The summed E-state index contributed by atoms with van der Waals surface area (Å²) in [5.74, 6) is 2.59. The minimum Gasteiger partial charge on any atom is -0.394 e. The first-order chi connectivity index (χ1) is 10.4. The first-order valence-electron chi connectivity index (χ1n) is 9.66. The number of aliphatic hydroxyl groups excluding tert-OH is 1. The molecule has 2 unspecified atom stereocenters. The molecule has 1 N–H and O–H groups in total. The average molecular weight is 313 g/mol. The van der Waals surface area contributed by atoms with Gasteiger partial charge in [0.15, 0.2) is 0 Å². The highest BCUT2D eigenvalue weighted by molar-refractivity contribution is 4.98. The fourth-order valence-electron chi connectivity index (χ4n) is 3.52. The minimum atomic E-state index is -0.0145. The van der Waals surface area contributed by atoms with Crippen molar-refractivity contribution in [3.8, 4) is 0 Å². The molecule has 0 aromatic carbocycles. The lowest BCUT2D eigenvalue weighted by Gasteiger charge is -2.15. The molecule has 132 valence electrons. The summed E-state index contributed by atoms with van der Waals surface area (Å²) >= 11 is 0. The molecule has 0 amide bonds. The van der Waals surface area contributed by atoms with Crippen molar-refractivity contribution in [2.45, 2.75) is 104 Å². The topological polar surface area (TPSA) is 32.8 Å². The SMILES string of the molecule is CC(C)CCCC(C)CCCC(C)CCC[C@@]1(C)O[C@H]1CO. The smallest absolute Gasteiger partial charge is 0.110 e. The maximum atomic E-state index is 9.09. The Morgan fingerprint density at radius 3 is 1.82 bits per heavy atom. The lowest BCUT2D eigenvalue weighted by Crippen LogP contribution is -2.12. The van der Waals surface area contributed by atoms with Crippen LogP contribution in [0.2, 0.25) is 0 Å². The number of rotatable bonds is 13. The summed E-state index contributed by atoms with van der Waals surface area (Å²) in [6.45, 7) is 11.8. The van der Waals surface area contributed by atoms with Gasteiger partial charge in [0.25, 0.3) is 0 Å². The van der Waals surface area contributed by atoms with Crippen LogP contribution in [-0.4, -0.2) is 23.4 Å². The molecule has 1 heterocycles. The first kappa shape index (κ1) is 20.0. The molecule has 1 aliphatic rings. The van der Waals surface area contributed by atoms with E-state index >= 15 is 0 Å². The van der Waals surface area contributed by atoms with Crippen molar-refractivity contribution in [3.63, 3.8) is 0 Å². The summed E-state index contributed by atoms with van der Waals surface area (Å²) in [7, 11) is 0. The summed E-state index contributed by atoms with van der Waals surface area (Å²) in [5.41, 5.74) is -0.0145. The molecule has 1 rings (SSSR count). The van der Waals surface area contributed by atoms with E-state index in [1.165, 1.54) is 51.4 Å². The zero-order chi connectivity index (χ0) is 16.6. The standard InChI is InChI=1S/C20H40O2/c1-16(2)9-6-10-17(3)11-7-12-18(4)13-8-14-20(5)19(15-21)22-20/h16-19,21H,6-15H2,1-5H3/t17?,18?,19-,20+/m0/s1. The molecule has 0 aromatic rings. The number of ether oxygens (including phenoxy) is 1. The van der Waals surface area contributed by atoms with Crippen LogP contribution >= 0.6 is 0 Å². The van der Waals surface area contributed by atoms with E-state index in [-0.39, 0.29) is 18.3 Å². The molecule has 1 fully saturated rings. The molecule has 2 heteroatoms. The third-order valence-electron chi connectivity index (χ3n) is 5.44. The van der Waals surface area contributed by atoms with Crippen molar-refractivity contribution in [1.82, 2.24) is 0 Å². The quantitative estimate of drug-likeness (QED) is 0.451. The Morgan fingerprint density at radius 2 is 1.36 bits per heavy atom. The van der Waals surface area contributed by atoms with Gasteiger partial charge in [-0.15, -0.1) is 0 Å². The second-order valence-electron chi connectivity index (χ2n) is 8.46.